The van der Waals surface area contributed by atoms with Gasteiger partial charge in [-0.1, -0.05) is 477 Å². The van der Waals surface area contributed by atoms with Gasteiger partial charge in [-0.25, -0.2) is 9.13 Å². The second kappa shape index (κ2) is 88.8. The van der Waals surface area contributed by atoms with Crippen LogP contribution in [0.1, 0.15) is 529 Å². The average Bonchev–Trinajstić information content (AvgIpc) is 0.905. The number of rotatable bonds is 96. The molecule has 0 aliphatic carbocycles. The maximum Gasteiger partial charge on any atom is 0.472 e. The fourth-order valence-corrected chi connectivity index (χ4v) is 16.7. The van der Waals surface area contributed by atoms with E-state index in [1.807, 2.05) is 0 Å². The molecule has 0 aromatic carbocycles. The molecule has 0 aliphatic heterocycles. The van der Waals surface area contributed by atoms with E-state index in [2.05, 4.69) is 27.7 Å². The number of esters is 4. The van der Waals surface area contributed by atoms with Crippen molar-refractivity contribution in [1.29, 1.82) is 0 Å². The van der Waals surface area contributed by atoms with Gasteiger partial charge < -0.3 is 33.8 Å². The number of carbonyl (C=O) groups excluding carboxylic acids is 4. The molecule has 0 amide bonds. The van der Waals surface area contributed by atoms with Gasteiger partial charge in [0, 0.05) is 25.7 Å². The summed E-state index contributed by atoms with van der Waals surface area (Å²) in [5.74, 6) is -2.09. The molecule has 19 heteroatoms. The first-order valence-corrected chi connectivity index (χ1v) is 52.3. The Bertz CT molecular complexity index is 2140. The molecule has 0 radical (unpaired) electrons. The summed E-state index contributed by atoms with van der Waals surface area (Å²) in [4.78, 5) is 73.4. The van der Waals surface area contributed by atoms with E-state index >= 15 is 0 Å². The van der Waals surface area contributed by atoms with Crippen molar-refractivity contribution in [2.24, 2.45) is 0 Å². The number of unbranched alkanes of at least 4 members (excludes halogenated alkanes) is 70. The maximum atomic E-state index is 13.2. The fourth-order valence-electron chi connectivity index (χ4n) is 15.1. The van der Waals surface area contributed by atoms with Crippen LogP contribution in [0.15, 0.2) is 0 Å². The maximum absolute atomic E-state index is 13.2. The number of carbonyl (C=O) groups is 4. The highest BCUT2D eigenvalue weighted by Gasteiger charge is 2.31. The molecule has 0 saturated heterocycles. The summed E-state index contributed by atoms with van der Waals surface area (Å²) in [5, 5.41) is 10.7. The first-order valence-electron chi connectivity index (χ1n) is 49.3. The van der Waals surface area contributed by atoms with E-state index in [9.17, 15) is 43.2 Å². The highest BCUT2D eigenvalue weighted by atomic mass is 31.2. The third-order valence-corrected chi connectivity index (χ3v) is 24.5. The number of ether oxygens (including phenoxy) is 4. The molecule has 114 heavy (non-hydrogen) atoms. The molecule has 17 nitrogen and oxygen atoms in total. The Morgan fingerprint density at radius 1 is 0.211 bits per heavy atom. The van der Waals surface area contributed by atoms with E-state index < -0.39 is 97.5 Å². The molecule has 0 spiro atoms. The molecule has 0 heterocycles. The molecular weight excluding hydrogens is 1470 g/mol. The minimum atomic E-state index is -4.97. The van der Waals surface area contributed by atoms with Crippen LogP contribution in [0, 0.1) is 0 Å². The molecule has 0 saturated carbocycles. The van der Waals surface area contributed by atoms with Crippen molar-refractivity contribution in [2.45, 2.75) is 547 Å². The third kappa shape index (κ3) is 87.9. The van der Waals surface area contributed by atoms with E-state index in [0.29, 0.717) is 25.7 Å². The predicted octanol–water partition coefficient (Wildman–Crippen LogP) is 30.0. The smallest absolute Gasteiger partial charge is 0.462 e. The van der Waals surface area contributed by atoms with Gasteiger partial charge >= 0.3 is 39.5 Å². The van der Waals surface area contributed by atoms with E-state index in [1.165, 1.54) is 360 Å². The van der Waals surface area contributed by atoms with Gasteiger partial charge in [0.05, 0.1) is 26.4 Å². The van der Waals surface area contributed by atoms with Crippen LogP contribution in [0.4, 0.5) is 0 Å². The Kier molecular flexibility index (Phi) is 87.3. The lowest BCUT2D eigenvalue weighted by atomic mass is 10.0. The second-order valence-corrected chi connectivity index (χ2v) is 37.0. The number of hydrogen-bond donors (Lipinski definition) is 3. The Morgan fingerprint density at radius 2 is 0.351 bits per heavy atom. The Balaban J connectivity index is 5.14. The van der Waals surface area contributed by atoms with E-state index in [0.717, 1.165) is 89.9 Å². The van der Waals surface area contributed by atoms with Gasteiger partial charge in [-0.3, -0.25) is 37.3 Å². The largest absolute Gasteiger partial charge is 0.472 e. The van der Waals surface area contributed by atoms with Gasteiger partial charge in [0.25, 0.3) is 0 Å². The quantitative estimate of drug-likeness (QED) is 0.0222. The van der Waals surface area contributed by atoms with Crippen LogP contribution in [-0.2, 0) is 65.4 Å². The minimum absolute atomic E-state index is 0.110. The first kappa shape index (κ1) is 112. The normalized spacial score (nSPS) is 13.6. The number of phosphoric acid groups is 2. The van der Waals surface area contributed by atoms with Crippen molar-refractivity contribution < 1.29 is 80.2 Å². The lowest BCUT2D eigenvalue weighted by Gasteiger charge is -2.21. The van der Waals surface area contributed by atoms with E-state index in [1.54, 1.807) is 0 Å². The number of aliphatic hydroxyl groups is 1. The average molecular weight is 1660 g/mol. The second-order valence-electron chi connectivity index (χ2n) is 34.1. The van der Waals surface area contributed by atoms with Crippen molar-refractivity contribution >= 4 is 39.5 Å². The molecule has 0 aliphatic rings. The Hall–Kier alpha value is -1.94. The summed E-state index contributed by atoms with van der Waals surface area (Å²) in [6, 6.07) is 0. The topological polar surface area (TPSA) is 237 Å². The van der Waals surface area contributed by atoms with E-state index in [-0.39, 0.29) is 25.7 Å². The van der Waals surface area contributed by atoms with Gasteiger partial charge in [0.15, 0.2) is 12.2 Å². The summed E-state index contributed by atoms with van der Waals surface area (Å²) in [6.07, 6.45) is 88.1. The zero-order valence-electron chi connectivity index (χ0n) is 75.1. The molecule has 0 fully saturated rings. The molecule has 0 bridgehead atoms. The highest BCUT2D eigenvalue weighted by molar-refractivity contribution is 7.47. The molecular formula is C95H186O17P2. The van der Waals surface area contributed by atoms with Gasteiger partial charge in [-0.15, -0.1) is 0 Å². The van der Waals surface area contributed by atoms with Gasteiger partial charge in [0.2, 0.25) is 0 Å². The highest BCUT2D eigenvalue weighted by Crippen LogP contribution is 2.45. The minimum Gasteiger partial charge on any atom is -0.462 e. The summed E-state index contributed by atoms with van der Waals surface area (Å²) >= 11 is 0. The summed E-state index contributed by atoms with van der Waals surface area (Å²) < 4.78 is 69.1. The monoisotopic (exact) mass is 1660 g/mol. The van der Waals surface area contributed by atoms with Crippen LogP contribution in [0.2, 0.25) is 0 Å². The van der Waals surface area contributed by atoms with Crippen molar-refractivity contribution in [2.75, 3.05) is 39.6 Å². The SMILES string of the molecule is CCCCCCCCCCCCCCCCCCCCCCCCC(=O)OC[C@H](COP(=O)(O)OC[C@@H](O)COP(=O)(O)OC[C@@H](COC(=O)CCCCCCCCCC)OC(=O)CCCCCCCCCCCCCCCCCCCCCCCC)OC(=O)CCCCCCCCCCCCCCCCCCCCCCCC. The predicted molar refractivity (Wildman–Crippen MR) is 474 cm³/mol. The summed E-state index contributed by atoms with van der Waals surface area (Å²) in [6.45, 7) is 5.07. The summed E-state index contributed by atoms with van der Waals surface area (Å²) in [5.41, 5.74) is 0. The van der Waals surface area contributed by atoms with Crippen LogP contribution in [-0.4, -0.2) is 96.7 Å². The number of hydrogen-bond acceptors (Lipinski definition) is 15. The fraction of sp³-hybridized carbons (Fsp3) is 0.958. The van der Waals surface area contributed by atoms with Gasteiger partial charge in [0.1, 0.15) is 19.3 Å². The standard InChI is InChI=1S/C95H186O17P2/c1-5-9-13-17-21-25-28-31-34-37-40-43-46-49-52-55-58-61-64-68-72-76-80-93(98)106-86-91(112-95(100)82-78-74-70-66-63-60-57-54-51-48-45-42-39-36-33-30-27-23-19-15-11-7-3)88-110-114(103,104)108-84-89(96)83-107-113(101,102)109-87-90(85-105-92(97)79-75-71-67-24-20-16-12-8-4)111-94(99)81-77-73-69-65-62-59-56-53-50-47-44-41-38-35-32-29-26-22-18-14-10-6-2/h89-91,96H,5-88H2,1-4H3,(H,101,102)(H,103,104)/t89-,90+,91+/m0/s1. The molecule has 0 rings (SSSR count). The third-order valence-electron chi connectivity index (χ3n) is 22.6. The van der Waals surface area contributed by atoms with E-state index in [4.69, 9.17) is 37.0 Å². The molecule has 0 aromatic heterocycles. The molecule has 678 valence electrons. The van der Waals surface area contributed by atoms with Crippen molar-refractivity contribution in [3.05, 3.63) is 0 Å². The number of phosphoric ester groups is 2. The van der Waals surface area contributed by atoms with Crippen LogP contribution in [0.25, 0.3) is 0 Å². The Morgan fingerprint density at radius 3 is 0.518 bits per heavy atom. The number of aliphatic hydroxyl groups excluding tert-OH is 1. The van der Waals surface area contributed by atoms with Crippen molar-refractivity contribution in [3.63, 3.8) is 0 Å². The van der Waals surface area contributed by atoms with Crippen LogP contribution in [0.5, 0.6) is 0 Å². The van der Waals surface area contributed by atoms with Crippen molar-refractivity contribution in [1.82, 2.24) is 0 Å². The van der Waals surface area contributed by atoms with Gasteiger partial charge in [-0.2, -0.15) is 0 Å². The molecule has 0 aromatic rings. The van der Waals surface area contributed by atoms with Gasteiger partial charge in [-0.05, 0) is 25.7 Å². The van der Waals surface area contributed by atoms with Crippen LogP contribution in [0.3, 0.4) is 0 Å². The molecule has 2 unspecified atom stereocenters. The molecule has 3 N–H and O–H groups in total. The van der Waals surface area contributed by atoms with Crippen LogP contribution >= 0.6 is 15.6 Å². The molecule has 5 atom stereocenters. The van der Waals surface area contributed by atoms with Crippen molar-refractivity contribution in [3.8, 4) is 0 Å². The Labute approximate surface area is 702 Å². The first-order chi connectivity index (χ1) is 55.7. The van der Waals surface area contributed by atoms with Crippen LogP contribution < -0.4 is 0 Å². The zero-order valence-corrected chi connectivity index (χ0v) is 76.9. The zero-order chi connectivity index (χ0) is 83.1. The summed E-state index contributed by atoms with van der Waals surface area (Å²) in [7, 11) is -9.93. The lowest BCUT2D eigenvalue weighted by Crippen LogP contribution is -2.30. The lowest BCUT2D eigenvalue weighted by molar-refractivity contribution is -0.161.